The number of nitrogens with zero attached hydrogens (tertiary/aromatic N) is 2. The molecule has 5 aliphatic carbocycles. The van der Waals surface area contributed by atoms with Crippen LogP contribution in [0.3, 0.4) is 0 Å². The molecular weight excluding hydrogens is 1530 g/mol. The standard InChI is InChI=1S/C63H70N2.C62H70/c1-5-8-10-12-14-24-42-63(43-25-15-13-11-9-6-2)59-44-50(47(4)7-3)34-39-55(59)56-40-37-54(46-60(56)63)65-61-31-23-22-30-57(61)58-45-53(38-41-62(58)65)64(51-28-20-17-21-29-51)52-35-32-49(33-36-52)48-26-18-16-19-27-48;1-5-8-10-12-14-18-36-61(37-19-15-13-11-9-6-2)58-40-46(43(4)7-3)28-33-54(58)55-34-29-49(41-59(55)61)50-30-35-56-53-20-16-17-21-57(53)62(60(56)42-50,51-31-26-44-22-24-47(44)38-51)52-32-27-45-23-25-48(45)39-52/h16-23,26-41,44-47H,5-15,24-25,42-43H2,1-4H3;16-17,20-21,26-35,38-43H,5-15,18-19,22-25,36-37H2,1-4H3. The van der Waals surface area contributed by atoms with Crippen molar-refractivity contribution in [3.05, 3.63) is 357 Å². The Morgan fingerprint density at radius 2 is 0.654 bits per heavy atom. The van der Waals surface area contributed by atoms with E-state index >= 15 is 0 Å². The van der Waals surface area contributed by atoms with Crippen molar-refractivity contribution < 1.29 is 0 Å². The van der Waals surface area contributed by atoms with Crippen molar-refractivity contribution in [3.63, 3.8) is 0 Å². The Morgan fingerprint density at radius 1 is 0.268 bits per heavy atom. The van der Waals surface area contributed by atoms with Gasteiger partial charge in [-0.1, -0.05) is 416 Å². The molecule has 0 saturated heterocycles. The van der Waals surface area contributed by atoms with Crippen molar-refractivity contribution >= 4 is 38.9 Å². The van der Waals surface area contributed by atoms with Gasteiger partial charge in [-0.15, -0.1) is 0 Å². The highest BCUT2D eigenvalue weighted by atomic mass is 15.1. The number of benzene rings is 13. The molecule has 13 aromatic carbocycles. The highest BCUT2D eigenvalue weighted by molar-refractivity contribution is 6.11. The van der Waals surface area contributed by atoms with Crippen LogP contribution in [0.1, 0.15) is 338 Å². The third kappa shape index (κ3) is 17.0. The smallest absolute Gasteiger partial charge is 0.0713 e. The van der Waals surface area contributed by atoms with Gasteiger partial charge in [-0.3, -0.25) is 0 Å². The number of unbranched alkanes of at least 4 members (excludes halogenated alkanes) is 20. The molecule has 0 fully saturated rings. The summed E-state index contributed by atoms with van der Waals surface area (Å²) in [4.78, 5) is 2.40. The van der Waals surface area contributed by atoms with Crippen LogP contribution in [-0.4, -0.2) is 4.57 Å². The van der Waals surface area contributed by atoms with Crippen LogP contribution >= 0.6 is 0 Å². The van der Waals surface area contributed by atoms with Gasteiger partial charge in [0.25, 0.3) is 0 Å². The second kappa shape index (κ2) is 39.6. The highest BCUT2D eigenvalue weighted by Gasteiger charge is 2.49. The fourth-order valence-corrected chi connectivity index (χ4v) is 23.5. The van der Waals surface area contributed by atoms with Gasteiger partial charge in [-0.2, -0.15) is 0 Å². The van der Waals surface area contributed by atoms with E-state index < -0.39 is 0 Å². The molecule has 0 saturated carbocycles. The molecule has 2 nitrogen and oxygen atoms in total. The molecule has 0 N–H and O–H groups in total. The Kier molecular flexibility index (Phi) is 27.2. The molecule has 0 amide bonds. The molecule has 0 radical (unpaired) electrons. The minimum atomic E-state index is -0.365. The molecule has 1 heterocycles. The summed E-state index contributed by atoms with van der Waals surface area (Å²) in [6.45, 7) is 18.9. The van der Waals surface area contributed by atoms with Gasteiger partial charge in [0.1, 0.15) is 0 Å². The van der Waals surface area contributed by atoms with E-state index in [4.69, 9.17) is 0 Å². The lowest BCUT2D eigenvalue weighted by Crippen LogP contribution is -2.30. The van der Waals surface area contributed by atoms with Crippen molar-refractivity contribution in [2.75, 3.05) is 4.90 Å². The fraction of sp³-hybridized carbons (Fsp3) is 0.376. The maximum atomic E-state index is 2.69. The van der Waals surface area contributed by atoms with Crippen LogP contribution in [0.2, 0.25) is 0 Å². The van der Waals surface area contributed by atoms with E-state index in [9.17, 15) is 0 Å². The minimum Gasteiger partial charge on any atom is -0.310 e. The molecule has 2 atom stereocenters. The van der Waals surface area contributed by atoms with E-state index in [2.05, 4.69) is 344 Å². The number of rotatable bonds is 40. The van der Waals surface area contributed by atoms with Crippen LogP contribution in [0.4, 0.5) is 17.1 Å². The van der Waals surface area contributed by atoms with Gasteiger partial charge >= 0.3 is 0 Å². The van der Waals surface area contributed by atoms with E-state index in [1.165, 1.54) is 351 Å². The van der Waals surface area contributed by atoms with Crippen molar-refractivity contribution in [1.82, 2.24) is 4.57 Å². The van der Waals surface area contributed by atoms with E-state index in [0.717, 1.165) is 23.5 Å². The molecule has 14 aromatic rings. The Labute approximate surface area is 763 Å². The van der Waals surface area contributed by atoms with Gasteiger partial charge in [0.2, 0.25) is 0 Å². The summed E-state index contributed by atoms with van der Waals surface area (Å²) >= 11 is 0. The topological polar surface area (TPSA) is 8.17 Å². The number of para-hydroxylation sites is 2. The Balaban J connectivity index is 0.000000172. The molecule has 0 bridgehead atoms. The summed E-state index contributed by atoms with van der Waals surface area (Å²) in [6, 6.07) is 109. The summed E-state index contributed by atoms with van der Waals surface area (Å²) in [5.41, 5.74) is 42.1. The van der Waals surface area contributed by atoms with Gasteiger partial charge < -0.3 is 9.47 Å². The molecule has 2 heteroatoms. The number of hydrogen-bond donors (Lipinski definition) is 0. The van der Waals surface area contributed by atoms with Crippen molar-refractivity contribution in [2.45, 2.75) is 302 Å². The predicted octanol–water partition coefficient (Wildman–Crippen LogP) is 36.4. The molecule has 127 heavy (non-hydrogen) atoms. The van der Waals surface area contributed by atoms with Crippen LogP contribution < -0.4 is 4.90 Å². The van der Waals surface area contributed by atoms with Crippen LogP contribution in [0.5, 0.6) is 0 Å². The van der Waals surface area contributed by atoms with Crippen LogP contribution in [0, 0.1) is 0 Å². The lowest BCUT2D eigenvalue weighted by Gasteiger charge is -2.37. The maximum absolute atomic E-state index is 2.69. The quantitative estimate of drug-likeness (QED) is 0.0348. The van der Waals surface area contributed by atoms with Crippen LogP contribution in [-0.2, 0) is 41.9 Å². The molecule has 19 rings (SSSR count). The third-order valence-corrected chi connectivity index (χ3v) is 31.3. The SMILES string of the molecule is CCCCCCCCC1(CCCCCCCC)c2cc(-c3ccc4c(c3)C(c3ccc5c(c3)CC5)(c3ccc5c(c3)CC5)c3ccccc3-4)ccc2-c2ccc(C(C)CC)cc21.CCCCCCCCC1(CCCCCCCC)c2cc(C(C)CC)ccc2-c2ccc(-n3c4ccccc4c4cc(N(c5ccccc5)c5ccc(-c6ccccc6)cc5)ccc43)cc21. The van der Waals surface area contributed by atoms with Gasteiger partial charge in [0.05, 0.1) is 16.4 Å². The molecule has 5 aliphatic rings. The van der Waals surface area contributed by atoms with Gasteiger partial charge in [0.15, 0.2) is 0 Å². The molecule has 1 aromatic heterocycles. The summed E-state index contributed by atoms with van der Waals surface area (Å²) in [7, 11) is 0. The minimum absolute atomic E-state index is 0.0117. The first-order valence-electron chi connectivity index (χ1n) is 50.7. The molecule has 650 valence electrons. The van der Waals surface area contributed by atoms with Gasteiger partial charge in [-0.05, 0) is 282 Å². The zero-order valence-corrected chi connectivity index (χ0v) is 78.1. The lowest BCUT2D eigenvalue weighted by atomic mass is 9.65. The summed E-state index contributed by atoms with van der Waals surface area (Å²) in [5, 5.41) is 2.55. The number of anilines is 3. The maximum Gasteiger partial charge on any atom is 0.0713 e. The largest absolute Gasteiger partial charge is 0.310 e. The number of aromatic nitrogens is 1. The Bertz CT molecular complexity index is 6030. The zero-order valence-electron chi connectivity index (χ0n) is 78.1. The van der Waals surface area contributed by atoms with E-state index in [1.807, 2.05) is 0 Å². The Morgan fingerprint density at radius 3 is 1.16 bits per heavy atom. The zero-order chi connectivity index (χ0) is 86.9. The third-order valence-electron chi connectivity index (χ3n) is 31.3. The fourth-order valence-electron chi connectivity index (χ4n) is 23.5. The highest BCUT2D eigenvalue weighted by Crippen LogP contribution is 2.61. The average molecular weight is 1670 g/mol. The first-order chi connectivity index (χ1) is 62.5. The number of fused-ring (bicyclic) bond motifs is 14. The van der Waals surface area contributed by atoms with Crippen molar-refractivity contribution in [2.24, 2.45) is 0 Å². The number of aryl methyl sites for hydroxylation is 4. The lowest BCUT2D eigenvalue weighted by molar-refractivity contribution is 0.397. The number of hydrogen-bond acceptors (Lipinski definition) is 1. The van der Waals surface area contributed by atoms with Crippen LogP contribution in [0.25, 0.3) is 83.1 Å². The first kappa shape index (κ1) is 87.2. The second-order valence-corrected chi connectivity index (χ2v) is 39.1. The van der Waals surface area contributed by atoms with Crippen LogP contribution in [0.15, 0.2) is 279 Å². The van der Waals surface area contributed by atoms with Gasteiger partial charge in [-0.25, -0.2) is 0 Å². The molecule has 0 spiro atoms. The predicted molar refractivity (Wildman–Crippen MR) is 547 cm³/mol. The summed E-state index contributed by atoms with van der Waals surface area (Å²) < 4.78 is 2.56. The van der Waals surface area contributed by atoms with E-state index in [0.29, 0.717) is 11.8 Å². The average Bonchev–Trinajstić information content (AvgIpc) is 1.54. The molecule has 0 aliphatic heterocycles. The second-order valence-electron chi connectivity index (χ2n) is 39.1. The van der Waals surface area contributed by atoms with E-state index in [1.54, 1.807) is 22.3 Å². The monoisotopic (exact) mass is 1670 g/mol. The first-order valence-corrected chi connectivity index (χ1v) is 50.7. The normalized spacial score (nSPS) is 14.6. The molecular formula is C125H140N2. The van der Waals surface area contributed by atoms with Crippen molar-refractivity contribution in [1.29, 1.82) is 0 Å². The van der Waals surface area contributed by atoms with Crippen molar-refractivity contribution in [3.8, 4) is 61.3 Å². The summed E-state index contributed by atoms with van der Waals surface area (Å²) in [6.07, 6.45) is 44.1. The Hall–Kier alpha value is -10.5. The summed E-state index contributed by atoms with van der Waals surface area (Å²) in [5.74, 6) is 1.12. The van der Waals surface area contributed by atoms with Gasteiger partial charge in [0, 0.05) is 44.4 Å². The molecule has 2 unspecified atom stereocenters. The van der Waals surface area contributed by atoms with E-state index in [-0.39, 0.29) is 16.2 Å².